The first-order chi connectivity index (χ1) is 12.4. The van der Waals surface area contributed by atoms with Crippen molar-refractivity contribution in [1.29, 1.82) is 0 Å². The average molecular weight is 360 g/mol. The van der Waals surface area contributed by atoms with Crippen LogP contribution in [0.3, 0.4) is 0 Å². The summed E-state index contributed by atoms with van der Waals surface area (Å²) in [5.74, 6) is -1.22. The van der Waals surface area contributed by atoms with Crippen molar-refractivity contribution >= 4 is 5.91 Å². The third kappa shape index (κ3) is 5.36. The molecule has 26 heavy (non-hydrogen) atoms. The molecule has 0 aromatic heterocycles. The van der Waals surface area contributed by atoms with Crippen LogP contribution >= 0.6 is 0 Å². The Morgan fingerprint density at radius 2 is 1.58 bits per heavy atom. The van der Waals surface area contributed by atoms with Crippen LogP contribution in [-0.2, 0) is 17.9 Å². The highest BCUT2D eigenvalue weighted by molar-refractivity contribution is 5.78. The Morgan fingerprint density at radius 3 is 2.12 bits per heavy atom. The molecule has 0 radical (unpaired) electrons. The molecule has 2 rings (SSSR count). The molecule has 5 heteroatoms. The van der Waals surface area contributed by atoms with Gasteiger partial charge in [-0.25, -0.2) is 8.78 Å². The minimum atomic E-state index is -0.582. The first kappa shape index (κ1) is 20.0. The molecular formula is C21H26F2N2O. The summed E-state index contributed by atoms with van der Waals surface area (Å²) in [6, 6.07) is 13.6. The highest BCUT2D eigenvalue weighted by Gasteiger charge is 2.21. The normalized spacial score (nSPS) is 11.2. The van der Waals surface area contributed by atoms with Gasteiger partial charge in [0.25, 0.3) is 0 Å². The molecule has 2 aromatic rings. The van der Waals surface area contributed by atoms with Crippen LogP contribution in [0.25, 0.3) is 0 Å². The number of rotatable bonds is 8. The first-order valence-electron chi connectivity index (χ1n) is 8.91. The van der Waals surface area contributed by atoms with E-state index in [1.807, 2.05) is 51.1 Å². The predicted octanol–water partition coefficient (Wildman–Crippen LogP) is 4.22. The number of likely N-dealkylation sites (N-methyl/N-ethyl adjacent to an activating group) is 1. The average Bonchev–Trinajstić information content (AvgIpc) is 2.62. The lowest BCUT2D eigenvalue weighted by molar-refractivity contribution is -0.134. The number of carbonyl (C=O) groups excluding carboxylic acids is 1. The van der Waals surface area contributed by atoms with Crippen LogP contribution in [0.4, 0.5) is 8.78 Å². The maximum atomic E-state index is 13.9. The van der Waals surface area contributed by atoms with Crippen LogP contribution in [0, 0.1) is 11.6 Å². The van der Waals surface area contributed by atoms with E-state index >= 15 is 0 Å². The Kier molecular flexibility index (Phi) is 7.27. The second kappa shape index (κ2) is 9.43. The van der Waals surface area contributed by atoms with Gasteiger partial charge in [-0.1, -0.05) is 43.3 Å². The molecular weight excluding hydrogens is 334 g/mol. The molecule has 0 aliphatic heterocycles. The number of benzene rings is 2. The Bertz CT molecular complexity index is 699. The number of amides is 1. The van der Waals surface area contributed by atoms with Crippen LogP contribution in [0.1, 0.15) is 31.9 Å². The van der Waals surface area contributed by atoms with Crippen LogP contribution in [0.2, 0.25) is 0 Å². The Hall–Kier alpha value is -2.27. The van der Waals surface area contributed by atoms with Gasteiger partial charge in [0.1, 0.15) is 11.6 Å². The van der Waals surface area contributed by atoms with E-state index in [1.54, 1.807) is 9.80 Å². The van der Waals surface area contributed by atoms with Gasteiger partial charge in [-0.15, -0.1) is 0 Å². The molecule has 0 heterocycles. The standard InChI is InChI=1S/C21H26F2N2O/c1-4-24(14-18-19(22)11-8-12-20(18)23)15-21(26)25(16(2)3)13-17-9-6-5-7-10-17/h5-12,16H,4,13-15H2,1-3H3. The Balaban J connectivity index is 2.08. The summed E-state index contributed by atoms with van der Waals surface area (Å²) < 4.78 is 27.8. The lowest BCUT2D eigenvalue weighted by Gasteiger charge is -2.30. The molecule has 0 aliphatic rings. The van der Waals surface area contributed by atoms with Crippen molar-refractivity contribution in [2.45, 2.75) is 39.9 Å². The summed E-state index contributed by atoms with van der Waals surface area (Å²) in [6.45, 7) is 7.04. The van der Waals surface area contributed by atoms with Crippen LogP contribution < -0.4 is 0 Å². The molecule has 140 valence electrons. The number of halogens is 2. The molecule has 0 bridgehead atoms. The Labute approximate surface area is 154 Å². The van der Waals surface area contributed by atoms with Crippen molar-refractivity contribution in [2.24, 2.45) is 0 Å². The van der Waals surface area contributed by atoms with Gasteiger partial charge in [-0.2, -0.15) is 0 Å². The third-order valence-corrected chi connectivity index (χ3v) is 4.39. The smallest absolute Gasteiger partial charge is 0.237 e. The van der Waals surface area contributed by atoms with E-state index in [4.69, 9.17) is 0 Å². The zero-order valence-corrected chi connectivity index (χ0v) is 15.6. The van der Waals surface area contributed by atoms with Crippen LogP contribution in [0.5, 0.6) is 0 Å². The third-order valence-electron chi connectivity index (χ3n) is 4.39. The lowest BCUT2D eigenvalue weighted by Crippen LogP contribution is -2.43. The summed E-state index contributed by atoms with van der Waals surface area (Å²) >= 11 is 0. The molecule has 0 saturated carbocycles. The number of carbonyl (C=O) groups is 1. The van der Waals surface area contributed by atoms with Gasteiger partial charge in [0, 0.05) is 24.7 Å². The van der Waals surface area contributed by atoms with Crippen molar-refractivity contribution in [3.8, 4) is 0 Å². The minimum Gasteiger partial charge on any atom is -0.335 e. The van der Waals surface area contributed by atoms with Crippen LogP contribution in [0.15, 0.2) is 48.5 Å². The molecule has 0 N–H and O–H groups in total. The van der Waals surface area contributed by atoms with Gasteiger partial charge in [-0.05, 0) is 38.1 Å². The maximum Gasteiger partial charge on any atom is 0.237 e. The molecule has 0 saturated heterocycles. The summed E-state index contributed by atoms with van der Waals surface area (Å²) in [5, 5.41) is 0. The van der Waals surface area contributed by atoms with E-state index in [0.717, 1.165) is 5.56 Å². The molecule has 0 fully saturated rings. The van der Waals surface area contributed by atoms with E-state index in [2.05, 4.69) is 0 Å². The zero-order chi connectivity index (χ0) is 19.1. The molecule has 0 spiro atoms. The van der Waals surface area contributed by atoms with Crippen molar-refractivity contribution in [1.82, 2.24) is 9.80 Å². The zero-order valence-electron chi connectivity index (χ0n) is 15.6. The van der Waals surface area contributed by atoms with E-state index in [-0.39, 0.29) is 30.6 Å². The van der Waals surface area contributed by atoms with Gasteiger partial charge in [-0.3, -0.25) is 9.69 Å². The van der Waals surface area contributed by atoms with Gasteiger partial charge < -0.3 is 4.90 Å². The highest BCUT2D eigenvalue weighted by Crippen LogP contribution is 2.15. The molecule has 0 atom stereocenters. The largest absolute Gasteiger partial charge is 0.335 e. The molecule has 3 nitrogen and oxygen atoms in total. The van der Waals surface area contributed by atoms with Crippen molar-refractivity contribution in [2.75, 3.05) is 13.1 Å². The fourth-order valence-corrected chi connectivity index (χ4v) is 2.81. The van der Waals surface area contributed by atoms with Gasteiger partial charge in [0.05, 0.1) is 6.54 Å². The monoisotopic (exact) mass is 360 g/mol. The van der Waals surface area contributed by atoms with Gasteiger partial charge in [0.15, 0.2) is 0 Å². The van der Waals surface area contributed by atoms with Gasteiger partial charge >= 0.3 is 0 Å². The second-order valence-corrected chi connectivity index (χ2v) is 6.60. The van der Waals surface area contributed by atoms with E-state index in [0.29, 0.717) is 13.1 Å². The topological polar surface area (TPSA) is 23.6 Å². The number of hydrogen-bond donors (Lipinski definition) is 0. The summed E-state index contributed by atoms with van der Waals surface area (Å²) in [5.41, 5.74) is 1.05. The molecule has 1 amide bonds. The number of hydrogen-bond acceptors (Lipinski definition) is 2. The molecule has 0 unspecified atom stereocenters. The Morgan fingerprint density at radius 1 is 0.962 bits per heavy atom. The SMILES string of the molecule is CCN(CC(=O)N(Cc1ccccc1)C(C)C)Cc1c(F)cccc1F. The highest BCUT2D eigenvalue weighted by atomic mass is 19.1. The van der Waals surface area contributed by atoms with Crippen LogP contribution in [-0.4, -0.2) is 34.8 Å². The summed E-state index contributed by atoms with van der Waals surface area (Å²) in [4.78, 5) is 16.4. The van der Waals surface area contributed by atoms with E-state index in [9.17, 15) is 13.6 Å². The quantitative estimate of drug-likeness (QED) is 0.704. The maximum absolute atomic E-state index is 13.9. The summed E-state index contributed by atoms with van der Waals surface area (Å²) in [7, 11) is 0. The number of nitrogens with zero attached hydrogens (tertiary/aromatic N) is 2. The summed E-state index contributed by atoms with van der Waals surface area (Å²) in [6.07, 6.45) is 0. The molecule has 2 aromatic carbocycles. The second-order valence-electron chi connectivity index (χ2n) is 6.60. The van der Waals surface area contributed by atoms with E-state index < -0.39 is 11.6 Å². The fraction of sp³-hybridized carbons (Fsp3) is 0.381. The lowest BCUT2D eigenvalue weighted by atomic mass is 10.1. The fourth-order valence-electron chi connectivity index (χ4n) is 2.81. The predicted molar refractivity (Wildman–Crippen MR) is 99.4 cm³/mol. The van der Waals surface area contributed by atoms with E-state index in [1.165, 1.54) is 18.2 Å². The molecule has 0 aliphatic carbocycles. The minimum absolute atomic E-state index is 0.00121. The van der Waals surface area contributed by atoms with Crippen molar-refractivity contribution in [3.05, 3.63) is 71.3 Å². The van der Waals surface area contributed by atoms with Gasteiger partial charge in [0.2, 0.25) is 5.91 Å². The van der Waals surface area contributed by atoms with Crippen molar-refractivity contribution in [3.63, 3.8) is 0 Å². The first-order valence-corrected chi connectivity index (χ1v) is 8.91. The van der Waals surface area contributed by atoms with Crippen molar-refractivity contribution < 1.29 is 13.6 Å².